The lowest BCUT2D eigenvalue weighted by atomic mass is 9.77. The summed E-state index contributed by atoms with van der Waals surface area (Å²) < 4.78 is 0. The highest BCUT2D eigenvalue weighted by Gasteiger charge is 2.39. The van der Waals surface area contributed by atoms with E-state index in [9.17, 15) is 14.4 Å². The number of nitrogens with one attached hydrogen (secondary N) is 4. The molecule has 0 radical (unpaired) electrons. The van der Waals surface area contributed by atoms with Crippen LogP contribution in [0.15, 0.2) is 54.9 Å². The van der Waals surface area contributed by atoms with Gasteiger partial charge in [0.1, 0.15) is 6.04 Å². The number of anilines is 1. The van der Waals surface area contributed by atoms with E-state index in [4.69, 9.17) is 5.41 Å². The van der Waals surface area contributed by atoms with E-state index in [0.717, 1.165) is 54.5 Å². The minimum Gasteiger partial charge on any atom is -0.388 e. The lowest BCUT2D eigenvalue weighted by Gasteiger charge is -2.36. The van der Waals surface area contributed by atoms with E-state index in [1.54, 1.807) is 11.1 Å². The number of carbonyl (C=O) groups is 3. The van der Waals surface area contributed by atoms with E-state index in [1.165, 1.54) is 6.21 Å². The summed E-state index contributed by atoms with van der Waals surface area (Å²) in [4.78, 5) is 47.3. The molecule has 10 heteroatoms. The number of benzene rings is 2. The molecule has 3 heterocycles. The molecule has 3 amide bonds. The van der Waals surface area contributed by atoms with Crippen LogP contribution in [-0.2, 0) is 16.1 Å². The van der Waals surface area contributed by atoms with Crippen molar-refractivity contribution in [3.8, 4) is 0 Å². The molecule has 4 N–H and O–H groups in total. The van der Waals surface area contributed by atoms with Crippen molar-refractivity contribution in [1.29, 1.82) is 5.41 Å². The average Bonchev–Trinajstić information content (AvgIpc) is 3.28. The third-order valence-corrected chi connectivity index (χ3v) is 8.25. The van der Waals surface area contributed by atoms with Crippen molar-refractivity contribution in [2.24, 2.45) is 5.92 Å². The van der Waals surface area contributed by atoms with Crippen LogP contribution < -0.4 is 16.0 Å². The normalized spacial score (nSPS) is 22.2. The molecule has 210 valence electrons. The van der Waals surface area contributed by atoms with Crippen LogP contribution in [0, 0.1) is 11.3 Å². The van der Waals surface area contributed by atoms with Gasteiger partial charge < -0.3 is 20.9 Å². The molecule has 6 rings (SSSR count). The molecule has 0 bridgehead atoms. The first-order chi connectivity index (χ1) is 20.0. The molecule has 2 aromatic carbocycles. The third-order valence-electron chi connectivity index (χ3n) is 8.25. The number of hydrogen-bond donors (Lipinski definition) is 4. The van der Waals surface area contributed by atoms with Gasteiger partial charge in [0.25, 0.3) is 5.91 Å². The Hall–Kier alpha value is -4.60. The number of fused-ring (bicyclic) bond motifs is 2. The lowest BCUT2D eigenvalue weighted by molar-refractivity contribution is -0.136. The Kier molecular flexibility index (Phi) is 7.45. The molecule has 2 fully saturated rings. The minimum atomic E-state index is -0.593. The SMILES string of the molecule is N=C/C(=C\NC1CC(CCCNc2ccc3c(c2)CN(C2CCC(=O)NC2=O)C3=O)C1)c1cnc2ccccc2n1. The van der Waals surface area contributed by atoms with Gasteiger partial charge in [-0.05, 0) is 73.9 Å². The number of allylic oxidation sites excluding steroid dienone is 1. The monoisotopic (exact) mass is 551 g/mol. The van der Waals surface area contributed by atoms with Crippen molar-refractivity contribution >= 4 is 46.2 Å². The van der Waals surface area contributed by atoms with Crippen molar-refractivity contribution in [1.82, 2.24) is 25.5 Å². The zero-order chi connectivity index (χ0) is 28.3. The van der Waals surface area contributed by atoms with Gasteiger partial charge in [-0.3, -0.25) is 24.7 Å². The largest absolute Gasteiger partial charge is 0.388 e. The fraction of sp³-hybridized carbons (Fsp3) is 0.355. The second-order valence-electron chi connectivity index (χ2n) is 11.0. The molecule has 1 atom stereocenters. The van der Waals surface area contributed by atoms with Crippen LogP contribution in [0.5, 0.6) is 0 Å². The molecule has 3 aromatic rings. The fourth-order valence-corrected chi connectivity index (χ4v) is 5.91. The van der Waals surface area contributed by atoms with Gasteiger partial charge in [0.15, 0.2) is 0 Å². The van der Waals surface area contributed by atoms with Crippen LogP contribution >= 0.6 is 0 Å². The van der Waals surface area contributed by atoms with Gasteiger partial charge in [0.2, 0.25) is 11.8 Å². The number of nitrogens with zero attached hydrogens (tertiary/aromatic N) is 3. The zero-order valence-corrected chi connectivity index (χ0v) is 22.7. The molecular formula is C31H33N7O3. The van der Waals surface area contributed by atoms with Crippen LogP contribution in [0.3, 0.4) is 0 Å². The number of amides is 3. The smallest absolute Gasteiger partial charge is 0.255 e. The highest BCUT2D eigenvalue weighted by molar-refractivity contribution is 6.07. The summed E-state index contributed by atoms with van der Waals surface area (Å²) in [6, 6.07) is 13.3. The Morgan fingerprint density at radius 3 is 2.76 bits per heavy atom. The first-order valence-corrected chi connectivity index (χ1v) is 14.2. The molecule has 10 nitrogen and oxygen atoms in total. The minimum absolute atomic E-state index is 0.151. The number of imide groups is 1. The standard InChI is InChI=1S/C31H33N7O3/c32-15-21(27-17-35-25-5-1-2-6-26(25)36-27)16-34-23-12-19(13-23)4-3-11-33-22-7-8-24-20(14-22)18-38(31(24)41)28-9-10-29(39)37-30(28)40/h1-2,5-8,14-17,19,23,28,32-34H,3-4,9-13,18H2,(H,37,39,40)/b21-16+,32-15?. The zero-order valence-electron chi connectivity index (χ0n) is 22.7. The highest BCUT2D eigenvalue weighted by Crippen LogP contribution is 2.32. The number of aromatic nitrogens is 2. The summed E-state index contributed by atoms with van der Waals surface area (Å²) in [5.74, 6) is -0.149. The van der Waals surface area contributed by atoms with Crippen molar-refractivity contribution in [2.75, 3.05) is 11.9 Å². The van der Waals surface area contributed by atoms with E-state index < -0.39 is 6.04 Å². The summed E-state index contributed by atoms with van der Waals surface area (Å²) in [5.41, 5.74) is 5.56. The van der Waals surface area contributed by atoms with Crippen LogP contribution in [0.1, 0.15) is 60.1 Å². The van der Waals surface area contributed by atoms with Crippen molar-refractivity contribution in [3.63, 3.8) is 0 Å². The van der Waals surface area contributed by atoms with Crippen molar-refractivity contribution in [2.45, 2.75) is 57.2 Å². The molecule has 1 saturated carbocycles. The maximum absolute atomic E-state index is 12.9. The number of carbonyl (C=O) groups excluding carboxylic acids is 3. The van der Waals surface area contributed by atoms with E-state index in [1.807, 2.05) is 48.7 Å². The summed E-state index contributed by atoms with van der Waals surface area (Å²) >= 11 is 0. The Balaban J connectivity index is 0.932. The van der Waals surface area contributed by atoms with E-state index in [0.29, 0.717) is 41.8 Å². The molecule has 3 aliphatic rings. The van der Waals surface area contributed by atoms with Crippen LogP contribution in [0.4, 0.5) is 5.69 Å². The third kappa shape index (κ3) is 5.68. The fourth-order valence-electron chi connectivity index (χ4n) is 5.91. The first kappa shape index (κ1) is 26.6. The number of hydrogen-bond acceptors (Lipinski definition) is 8. The molecule has 1 aromatic heterocycles. The first-order valence-electron chi connectivity index (χ1n) is 14.2. The van der Waals surface area contributed by atoms with Gasteiger partial charge in [-0.25, -0.2) is 4.98 Å². The Bertz CT molecular complexity index is 1550. The Labute approximate surface area is 238 Å². The molecule has 1 unspecified atom stereocenters. The van der Waals surface area contributed by atoms with Gasteiger partial charge >= 0.3 is 0 Å². The number of piperidine rings is 1. The Morgan fingerprint density at radius 2 is 1.95 bits per heavy atom. The molecule has 41 heavy (non-hydrogen) atoms. The quantitative estimate of drug-likeness (QED) is 0.171. The molecule has 1 saturated heterocycles. The molecule has 2 aliphatic heterocycles. The maximum Gasteiger partial charge on any atom is 0.255 e. The van der Waals surface area contributed by atoms with Gasteiger partial charge in [-0.15, -0.1) is 0 Å². The van der Waals surface area contributed by atoms with E-state index in [-0.39, 0.29) is 24.1 Å². The number of para-hydroxylation sites is 2. The molecule has 0 spiro atoms. The van der Waals surface area contributed by atoms with Crippen LogP contribution in [0.25, 0.3) is 16.6 Å². The van der Waals surface area contributed by atoms with Crippen LogP contribution in [-0.4, -0.2) is 57.4 Å². The summed E-state index contributed by atoms with van der Waals surface area (Å²) in [6.45, 7) is 1.23. The van der Waals surface area contributed by atoms with Gasteiger partial charge in [-0.1, -0.05) is 12.1 Å². The van der Waals surface area contributed by atoms with Crippen LogP contribution in [0.2, 0.25) is 0 Å². The summed E-state index contributed by atoms with van der Waals surface area (Å²) in [7, 11) is 0. The highest BCUT2D eigenvalue weighted by atomic mass is 16.2. The second kappa shape index (κ2) is 11.5. The van der Waals surface area contributed by atoms with Gasteiger partial charge in [0, 0.05) is 54.8 Å². The number of rotatable bonds is 10. The second-order valence-corrected chi connectivity index (χ2v) is 11.0. The summed E-state index contributed by atoms with van der Waals surface area (Å²) in [5, 5.41) is 17.1. The lowest BCUT2D eigenvalue weighted by Crippen LogP contribution is -2.52. The van der Waals surface area contributed by atoms with Gasteiger partial charge in [0.05, 0.1) is 22.9 Å². The molecule has 1 aliphatic carbocycles. The average molecular weight is 552 g/mol. The summed E-state index contributed by atoms with van der Waals surface area (Å²) in [6.07, 6.45) is 9.91. The maximum atomic E-state index is 12.9. The van der Waals surface area contributed by atoms with Crippen molar-refractivity contribution in [3.05, 3.63) is 71.7 Å². The Morgan fingerprint density at radius 1 is 1.12 bits per heavy atom. The van der Waals surface area contributed by atoms with Crippen molar-refractivity contribution < 1.29 is 14.4 Å². The predicted octanol–water partition coefficient (Wildman–Crippen LogP) is 3.64. The van der Waals surface area contributed by atoms with E-state index >= 15 is 0 Å². The molecular weight excluding hydrogens is 518 g/mol. The van der Waals surface area contributed by atoms with Gasteiger partial charge in [-0.2, -0.15) is 0 Å². The van der Waals surface area contributed by atoms with E-state index in [2.05, 4.69) is 25.9 Å². The predicted molar refractivity (Wildman–Crippen MR) is 156 cm³/mol. The topological polar surface area (TPSA) is 140 Å².